The number of alkyl halides is 1. The predicted octanol–water partition coefficient (Wildman–Crippen LogP) is 3.22. The van der Waals surface area contributed by atoms with Crippen molar-refractivity contribution in [2.45, 2.75) is 9.22 Å². The fourth-order valence-corrected chi connectivity index (χ4v) is 2.73. The molecule has 2 N–H and O–H groups in total. The third-order valence-corrected chi connectivity index (χ3v) is 4.72. The summed E-state index contributed by atoms with van der Waals surface area (Å²) in [5.74, 6) is 0.393. The van der Waals surface area contributed by atoms with Crippen LogP contribution in [-0.4, -0.2) is 17.5 Å². The van der Waals surface area contributed by atoms with Crippen LogP contribution in [0.5, 0.6) is 0 Å². The summed E-state index contributed by atoms with van der Waals surface area (Å²) in [4.78, 5) is 16.7. The van der Waals surface area contributed by atoms with E-state index in [4.69, 9.17) is 5.73 Å². The first-order valence-electron chi connectivity index (χ1n) is 5.62. The van der Waals surface area contributed by atoms with Crippen molar-refractivity contribution in [3.63, 3.8) is 0 Å². The van der Waals surface area contributed by atoms with Gasteiger partial charge >= 0.3 is 0 Å². The Labute approximate surface area is 124 Å². The van der Waals surface area contributed by atoms with Gasteiger partial charge in [0, 0.05) is 11.1 Å². The van der Waals surface area contributed by atoms with Gasteiger partial charge in [0.15, 0.2) is 0 Å². The second-order valence-electron chi connectivity index (χ2n) is 4.03. The Kier molecular flexibility index (Phi) is 4.27. The summed E-state index contributed by atoms with van der Waals surface area (Å²) in [7, 11) is 0. The highest BCUT2D eigenvalue weighted by Crippen LogP contribution is 2.37. The molecule has 0 saturated heterocycles. The number of hydrogen-bond acceptors (Lipinski definition) is 4. The van der Waals surface area contributed by atoms with Crippen LogP contribution in [0.2, 0.25) is 0 Å². The third-order valence-electron chi connectivity index (χ3n) is 2.87. The molecule has 0 amide bonds. The van der Waals surface area contributed by atoms with E-state index in [2.05, 4.69) is 20.9 Å². The Hall–Kier alpha value is -1.33. The molecule has 2 rings (SSSR count). The Morgan fingerprint density at radius 2 is 1.95 bits per heavy atom. The largest absolute Gasteiger partial charge is 0.384 e. The fraction of sp³-hybridized carbons (Fsp3) is 0.143. The molecule has 0 bridgehead atoms. The molecular weight excluding hydrogens is 324 g/mol. The average molecular weight is 337 g/mol. The lowest BCUT2D eigenvalue weighted by atomic mass is 9.93. The van der Waals surface area contributed by atoms with E-state index in [9.17, 15) is 4.79 Å². The molecule has 19 heavy (non-hydrogen) atoms. The van der Waals surface area contributed by atoms with Crippen LogP contribution in [0.25, 0.3) is 0 Å². The van der Waals surface area contributed by atoms with Crippen molar-refractivity contribution in [2.75, 3.05) is 12.0 Å². The Balaban J connectivity index is 2.49. The van der Waals surface area contributed by atoms with Gasteiger partial charge in [0.2, 0.25) is 0 Å². The minimum Gasteiger partial charge on any atom is -0.384 e. The summed E-state index contributed by atoms with van der Waals surface area (Å²) in [5.41, 5.74) is 7.32. The lowest BCUT2D eigenvalue weighted by Crippen LogP contribution is -2.21. The highest BCUT2D eigenvalue weighted by Gasteiger charge is 2.31. The zero-order valence-corrected chi connectivity index (χ0v) is 12.7. The van der Waals surface area contributed by atoms with Gasteiger partial charge in [-0.25, -0.2) is 4.98 Å². The predicted molar refractivity (Wildman–Crippen MR) is 82.6 cm³/mol. The van der Waals surface area contributed by atoms with Crippen molar-refractivity contribution in [3.8, 4) is 0 Å². The van der Waals surface area contributed by atoms with Gasteiger partial charge in [0.1, 0.15) is 16.4 Å². The molecule has 2 aromatic rings. The third kappa shape index (κ3) is 2.82. The summed E-state index contributed by atoms with van der Waals surface area (Å²) < 4.78 is -0.888. The lowest BCUT2D eigenvalue weighted by Gasteiger charge is -2.22. The van der Waals surface area contributed by atoms with E-state index in [1.807, 2.05) is 30.5 Å². The average Bonchev–Trinajstić information content (AvgIpc) is 2.46. The topological polar surface area (TPSA) is 56.0 Å². The van der Waals surface area contributed by atoms with Gasteiger partial charge in [-0.15, -0.1) is 11.8 Å². The Morgan fingerprint density at radius 3 is 2.47 bits per heavy atom. The molecule has 0 spiro atoms. The Bertz CT molecular complexity index is 588. The maximum atomic E-state index is 11.6. The monoisotopic (exact) mass is 336 g/mol. The number of halogens is 1. The minimum atomic E-state index is -0.888. The number of thioether (sulfide) groups is 1. The number of hydrogen-bond donors (Lipinski definition) is 1. The number of aromatic nitrogens is 1. The van der Waals surface area contributed by atoms with Gasteiger partial charge in [0.25, 0.3) is 0 Å². The number of aldehydes is 1. The molecule has 1 unspecified atom stereocenters. The van der Waals surface area contributed by atoms with Crippen LogP contribution in [0.4, 0.5) is 5.82 Å². The van der Waals surface area contributed by atoms with Crippen LogP contribution in [0.3, 0.4) is 0 Å². The normalized spacial score (nSPS) is 13.8. The van der Waals surface area contributed by atoms with Crippen molar-refractivity contribution < 1.29 is 4.79 Å². The van der Waals surface area contributed by atoms with Crippen LogP contribution >= 0.6 is 27.7 Å². The molecule has 5 heteroatoms. The van der Waals surface area contributed by atoms with Crippen molar-refractivity contribution in [1.82, 2.24) is 4.98 Å². The van der Waals surface area contributed by atoms with E-state index < -0.39 is 4.32 Å². The molecule has 0 radical (unpaired) electrons. The van der Waals surface area contributed by atoms with Crippen LogP contribution < -0.4 is 5.73 Å². The number of carbonyl (C=O) groups excluding carboxylic acids is 1. The minimum absolute atomic E-state index is 0.393. The maximum absolute atomic E-state index is 11.6. The molecule has 3 nitrogen and oxygen atoms in total. The van der Waals surface area contributed by atoms with Crippen molar-refractivity contribution in [3.05, 3.63) is 53.7 Å². The second kappa shape index (κ2) is 5.75. The smallest absolute Gasteiger partial charge is 0.145 e. The molecule has 0 saturated carbocycles. The van der Waals surface area contributed by atoms with Gasteiger partial charge in [-0.3, -0.25) is 0 Å². The summed E-state index contributed by atoms with van der Waals surface area (Å²) in [6.07, 6.45) is 4.48. The van der Waals surface area contributed by atoms with E-state index in [1.54, 1.807) is 30.1 Å². The van der Waals surface area contributed by atoms with Gasteiger partial charge < -0.3 is 10.5 Å². The van der Waals surface area contributed by atoms with Crippen LogP contribution in [0, 0.1) is 0 Å². The fourth-order valence-electron chi connectivity index (χ4n) is 1.81. The molecule has 0 aliphatic carbocycles. The summed E-state index contributed by atoms with van der Waals surface area (Å²) in [5, 5.41) is 0. The van der Waals surface area contributed by atoms with Gasteiger partial charge in [-0.1, -0.05) is 28.1 Å². The highest BCUT2D eigenvalue weighted by atomic mass is 79.9. The molecule has 1 atom stereocenters. The summed E-state index contributed by atoms with van der Waals surface area (Å²) >= 11 is 5.18. The van der Waals surface area contributed by atoms with E-state index in [1.165, 1.54) is 0 Å². The van der Waals surface area contributed by atoms with E-state index >= 15 is 0 Å². The van der Waals surface area contributed by atoms with E-state index in [0.717, 1.165) is 22.3 Å². The highest BCUT2D eigenvalue weighted by molar-refractivity contribution is 9.10. The number of anilines is 1. The van der Waals surface area contributed by atoms with Crippen LogP contribution in [-0.2, 0) is 9.12 Å². The zero-order chi connectivity index (χ0) is 13.9. The Morgan fingerprint density at radius 1 is 1.26 bits per heavy atom. The standard InChI is InChI=1S/C14H13BrN2OS/c1-19-12-4-2-10(3-5-12)14(15,9-18)11-6-7-17-13(16)8-11/h2-9H,1H3,(H2,16,17). The molecule has 0 aliphatic heterocycles. The SMILES string of the molecule is CSc1ccc(C(Br)(C=O)c2ccnc(N)c2)cc1. The maximum Gasteiger partial charge on any atom is 0.145 e. The lowest BCUT2D eigenvalue weighted by molar-refractivity contribution is -0.109. The molecule has 0 fully saturated rings. The molecular formula is C14H13BrN2OS. The first kappa shape index (κ1) is 14.1. The molecule has 98 valence electrons. The number of nitrogens with two attached hydrogens (primary N) is 1. The zero-order valence-electron chi connectivity index (χ0n) is 10.3. The van der Waals surface area contributed by atoms with Gasteiger partial charge in [0.05, 0.1) is 0 Å². The number of nitrogen functional groups attached to an aromatic ring is 1. The summed E-state index contributed by atoms with van der Waals surface area (Å²) in [6, 6.07) is 11.3. The molecule has 1 aromatic carbocycles. The van der Waals surface area contributed by atoms with Gasteiger partial charge in [-0.2, -0.15) is 0 Å². The number of pyridine rings is 1. The number of rotatable bonds is 4. The van der Waals surface area contributed by atoms with Gasteiger partial charge in [-0.05, 0) is 41.6 Å². The molecule has 1 aromatic heterocycles. The van der Waals surface area contributed by atoms with Crippen LogP contribution in [0.15, 0.2) is 47.5 Å². The number of benzene rings is 1. The first-order valence-corrected chi connectivity index (χ1v) is 7.63. The molecule has 0 aliphatic rings. The quantitative estimate of drug-likeness (QED) is 0.529. The number of carbonyl (C=O) groups is 1. The van der Waals surface area contributed by atoms with Crippen molar-refractivity contribution in [2.24, 2.45) is 0 Å². The van der Waals surface area contributed by atoms with Crippen LogP contribution in [0.1, 0.15) is 11.1 Å². The first-order chi connectivity index (χ1) is 9.10. The summed E-state index contributed by atoms with van der Waals surface area (Å²) in [6.45, 7) is 0. The second-order valence-corrected chi connectivity index (χ2v) is 6.16. The molecule has 1 heterocycles. The van der Waals surface area contributed by atoms with Crippen molar-refractivity contribution >= 4 is 39.8 Å². The van der Waals surface area contributed by atoms with E-state index in [0.29, 0.717) is 5.82 Å². The number of nitrogens with zero attached hydrogens (tertiary/aromatic N) is 1. The van der Waals surface area contributed by atoms with Crippen molar-refractivity contribution in [1.29, 1.82) is 0 Å². The van der Waals surface area contributed by atoms with E-state index in [-0.39, 0.29) is 0 Å².